The number of hydrogen-bond acceptors (Lipinski definition) is 2. The molecule has 1 aromatic carbocycles. The van der Waals surface area contributed by atoms with Crippen LogP contribution in [0.5, 0.6) is 0 Å². The molecule has 0 amide bonds. The second kappa shape index (κ2) is 9.93. The number of rotatable bonds is 10. The summed E-state index contributed by atoms with van der Waals surface area (Å²) in [6, 6.07) is 8.15. The molecule has 0 bridgehead atoms. The highest BCUT2D eigenvalue weighted by Gasteiger charge is 2.08. The van der Waals surface area contributed by atoms with Crippen molar-refractivity contribution in [3.8, 4) is 11.4 Å². The van der Waals surface area contributed by atoms with E-state index in [9.17, 15) is 0 Å². The lowest BCUT2D eigenvalue weighted by Crippen LogP contribution is -1.98. The molecule has 0 saturated carbocycles. The molecule has 0 aliphatic carbocycles. The van der Waals surface area contributed by atoms with Crippen LogP contribution < -0.4 is 0 Å². The third-order valence-electron chi connectivity index (χ3n) is 4.74. The summed E-state index contributed by atoms with van der Waals surface area (Å²) < 4.78 is 0. The Labute approximate surface area is 152 Å². The fourth-order valence-electron chi connectivity index (χ4n) is 2.91. The van der Waals surface area contributed by atoms with Crippen LogP contribution in [-0.4, -0.2) is 9.97 Å². The smallest absolute Gasteiger partial charge is 0.159 e. The van der Waals surface area contributed by atoms with E-state index in [4.69, 9.17) is 0 Å². The molecule has 1 atom stereocenters. The Morgan fingerprint density at radius 1 is 1.04 bits per heavy atom. The average molecular weight is 335 g/mol. The molecule has 1 unspecified atom stereocenters. The van der Waals surface area contributed by atoms with E-state index < -0.39 is 0 Å². The first-order chi connectivity index (χ1) is 12.2. The van der Waals surface area contributed by atoms with E-state index in [0.717, 1.165) is 22.5 Å². The maximum atomic E-state index is 4.57. The zero-order chi connectivity index (χ0) is 18.1. The SMILES string of the molecule is C=CC(=C)c1ccc(-c2ncc(C(C)CCCCCCC)cn2)cc1. The molecule has 25 heavy (non-hydrogen) atoms. The maximum absolute atomic E-state index is 4.57. The molecule has 1 aromatic heterocycles. The zero-order valence-electron chi connectivity index (χ0n) is 15.7. The third-order valence-corrected chi connectivity index (χ3v) is 4.74. The fraction of sp³-hybridized carbons (Fsp3) is 0.391. The van der Waals surface area contributed by atoms with Gasteiger partial charge in [0.05, 0.1) is 0 Å². The molecule has 1 heterocycles. The summed E-state index contributed by atoms with van der Waals surface area (Å²) in [5.41, 5.74) is 4.26. The van der Waals surface area contributed by atoms with E-state index in [1.54, 1.807) is 6.08 Å². The minimum absolute atomic E-state index is 0.522. The van der Waals surface area contributed by atoms with E-state index >= 15 is 0 Å². The van der Waals surface area contributed by atoms with E-state index in [0.29, 0.717) is 5.92 Å². The number of unbranched alkanes of at least 4 members (excludes halogenated alkanes) is 4. The van der Waals surface area contributed by atoms with E-state index in [2.05, 4.69) is 37.0 Å². The van der Waals surface area contributed by atoms with Crippen LogP contribution in [0.4, 0.5) is 0 Å². The van der Waals surface area contributed by atoms with Gasteiger partial charge in [-0.1, -0.05) is 89.5 Å². The quantitative estimate of drug-likeness (QED) is 0.352. The van der Waals surface area contributed by atoms with Crippen LogP contribution in [0.15, 0.2) is 55.9 Å². The molecular weight excluding hydrogens is 304 g/mol. The van der Waals surface area contributed by atoms with Gasteiger partial charge in [0.25, 0.3) is 0 Å². The molecule has 132 valence electrons. The number of allylic oxidation sites excluding steroid dienone is 2. The molecule has 2 rings (SSSR count). The highest BCUT2D eigenvalue weighted by atomic mass is 14.9. The van der Waals surface area contributed by atoms with Crippen molar-refractivity contribution in [3.63, 3.8) is 0 Å². The second-order valence-electron chi connectivity index (χ2n) is 6.75. The van der Waals surface area contributed by atoms with Crippen molar-refractivity contribution in [1.29, 1.82) is 0 Å². The molecule has 2 aromatic rings. The standard InChI is InChI=1S/C23H30N2/c1-5-7-8-9-10-11-19(4)22-16-24-23(25-17-22)21-14-12-20(13-15-21)18(3)6-2/h6,12-17,19H,2-3,5,7-11H2,1,4H3. The van der Waals surface area contributed by atoms with Gasteiger partial charge in [-0.2, -0.15) is 0 Å². The highest BCUT2D eigenvalue weighted by Crippen LogP contribution is 2.23. The van der Waals surface area contributed by atoms with E-state index in [1.807, 2.05) is 36.7 Å². The van der Waals surface area contributed by atoms with Gasteiger partial charge in [0.2, 0.25) is 0 Å². The summed E-state index contributed by atoms with van der Waals surface area (Å²) in [6.45, 7) is 12.3. The Kier molecular flexibility index (Phi) is 7.59. The average Bonchev–Trinajstić information content (AvgIpc) is 2.67. The molecule has 0 aliphatic rings. The van der Waals surface area contributed by atoms with Crippen molar-refractivity contribution in [2.24, 2.45) is 0 Å². The predicted molar refractivity (Wildman–Crippen MR) is 108 cm³/mol. The molecule has 0 fully saturated rings. The molecule has 0 saturated heterocycles. The van der Waals surface area contributed by atoms with Gasteiger partial charge in [-0.25, -0.2) is 9.97 Å². The van der Waals surface area contributed by atoms with Crippen LogP contribution in [0.1, 0.15) is 69.4 Å². The Morgan fingerprint density at radius 2 is 1.68 bits per heavy atom. The fourth-order valence-corrected chi connectivity index (χ4v) is 2.91. The Balaban J connectivity index is 1.94. The number of benzene rings is 1. The van der Waals surface area contributed by atoms with Gasteiger partial charge in [-0.05, 0) is 29.0 Å². The zero-order valence-corrected chi connectivity index (χ0v) is 15.7. The van der Waals surface area contributed by atoms with Gasteiger partial charge in [0.1, 0.15) is 0 Å². The van der Waals surface area contributed by atoms with Crippen molar-refractivity contribution in [3.05, 3.63) is 67.0 Å². The first-order valence-electron chi connectivity index (χ1n) is 9.39. The van der Waals surface area contributed by atoms with Crippen LogP contribution in [0.25, 0.3) is 17.0 Å². The molecule has 0 N–H and O–H groups in total. The minimum atomic E-state index is 0.522. The van der Waals surface area contributed by atoms with Crippen LogP contribution in [0.3, 0.4) is 0 Å². The monoisotopic (exact) mass is 334 g/mol. The van der Waals surface area contributed by atoms with Gasteiger partial charge < -0.3 is 0 Å². The lowest BCUT2D eigenvalue weighted by molar-refractivity contribution is 0.565. The summed E-state index contributed by atoms with van der Waals surface area (Å²) in [7, 11) is 0. The van der Waals surface area contributed by atoms with Crippen molar-refractivity contribution in [2.75, 3.05) is 0 Å². The largest absolute Gasteiger partial charge is 0.236 e. The summed E-state index contributed by atoms with van der Waals surface area (Å²) in [5, 5.41) is 0. The van der Waals surface area contributed by atoms with Crippen LogP contribution in [0.2, 0.25) is 0 Å². The summed E-state index contributed by atoms with van der Waals surface area (Å²) in [6.07, 6.45) is 13.6. The second-order valence-corrected chi connectivity index (χ2v) is 6.75. The first kappa shape index (κ1) is 19.1. The number of hydrogen-bond donors (Lipinski definition) is 0. The third kappa shape index (κ3) is 5.67. The highest BCUT2D eigenvalue weighted by molar-refractivity contribution is 5.73. The molecular formula is C23H30N2. The van der Waals surface area contributed by atoms with Crippen molar-refractivity contribution < 1.29 is 0 Å². The van der Waals surface area contributed by atoms with E-state index in [1.165, 1.54) is 44.1 Å². The minimum Gasteiger partial charge on any atom is -0.236 e. The first-order valence-corrected chi connectivity index (χ1v) is 9.39. The predicted octanol–water partition coefficient (Wildman–Crippen LogP) is 6.81. The van der Waals surface area contributed by atoms with Crippen LogP contribution in [-0.2, 0) is 0 Å². The van der Waals surface area contributed by atoms with Crippen molar-refractivity contribution in [1.82, 2.24) is 9.97 Å². The van der Waals surface area contributed by atoms with Gasteiger partial charge in [-0.3, -0.25) is 0 Å². The normalized spacial score (nSPS) is 11.9. The van der Waals surface area contributed by atoms with Gasteiger partial charge >= 0.3 is 0 Å². The molecule has 2 nitrogen and oxygen atoms in total. The molecule has 0 aliphatic heterocycles. The Bertz CT molecular complexity index is 668. The van der Waals surface area contributed by atoms with Crippen molar-refractivity contribution >= 4 is 5.57 Å². The molecule has 0 radical (unpaired) electrons. The topological polar surface area (TPSA) is 25.8 Å². The lowest BCUT2D eigenvalue weighted by Gasteiger charge is -2.11. The summed E-state index contributed by atoms with van der Waals surface area (Å²) >= 11 is 0. The Morgan fingerprint density at radius 3 is 2.28 bits per heavy atom. The van der Waals surface area contributed by atoms with Gasteiger partial charge in [0, 0.05) is 18.0 Å². The molecule has 0 spiro atoms. The van der Waals surface area contributed by atoms with Gasteiger partial charge in [0.15, 0.2) is 5.82 Å². The number of nitrogens with zero attached hydrogens (tertiary/aromatic N) is 2. The van der Waals surface area contributed by atoms with Crippen LogP contribution >= 0.6 is 0 Å². The lowest BCUT2D eigenvalue weighted by atomic mass is 9.97. The summed E-state index contributed by atoms with van der Waals surface area (Å²) in [5.74, 6) is 1.30. The molecule has 2 heteroatoms. The number of aromatic nitrogens is 2. The Hall–Kier alpha value is -2.22. The van der Waals surface area contributed by atoms with Crippen LogP contribution in [0, 0.1) is 0 Å². The van der Waals surface area contributed by atoms with Crippen molar-refractivity contribution in [2.45, 2.75) is 58.3 Å². The summed E-state index contributed by atoms with van der Waals surface area (Å²) in [4.78, 5) is 9.14. The maximum Gasteiger partial charge on any atom is 0.159 e. The van der Waals surface area contributed by atoms with Gasteiger partial charge in [-0.15, -0.1) is 0 Å². The van der Waals surface area contributed by atoms with E-state index in [-0.39, 0.29) is 0 Å².